The predicted molar refractivity (Wildman–Crippen MR) is 83.3 cm³/mol. The fourth-order valence-electron chi connectivity index (χ4n) is 2.93. The lowest BCUT2D eigenvalue weighted by molar-refractivity contribution is -0.137. The molecule has 1 aliphatic rings. The van der Waals surface area contributed by atoms with Gasteiger partial charge in [0, 0.05) is 12.1 Å². The summed E-state index contributed by atoms with van der Waals surface area (Å²) < 4.78 is 39.0. The van der Waals surface area contributed by atoms with E-state index in [4.69, 9.17) is 0 Å². The monoisotopic (exact) mass is 328 g/mol. The van der Waals surface area contributed by atoms with Crippen molar-refractivity contribution in [1.82, 2.24) is 10.2 Å². The molecule has 1 fully saturated rings. The van der Waals surface area contributed by atoms with E-state index in [2.05, 4.69) is 10.2 Å². The third-order valence-corrected chi connectivity index (χ3v) is 4.37. The number of nitrogens with one attached hydrogen (secondary N) is 1. The summed E-state index contributed by atoms with van der Waals surface area (Å²) in [6, 6.07) is 4.88. The number of halogens is 3. The lowest BCUT2D eigenvalue weighted by Gasteiger charge is -2.41. The van der Waals surface area contributed by atoms with Crippen LogP contribution in [0.1, 0.15) is 49.0 Å². The molecule has 0 bridgehead atoms. The molecule has 6 heteroatoms. The molecule has 0 spiro atoms. The van der Waals surface area contributed by atoms with Crippen LogP contribution in [-0.4, -0.2) is 36.0 Å². The topological polar surface area (TPSA) is 32.3 Å². The van der Waals surface area contributed by atoms with Gasteiger partial charge in [-0.1, -0.05) is 18.6 Å². The Bertz CT molecular complexity index is 549. The highest BCUT2D eigenvalue weighted by atomic mass is 19.4. The number of alkyl halides is 3. The molecule has 0 saturated carbocycles. The van der Waals surface area contributed by atoms with Gasteiger partial charge >= 0.3 is 6.18 Å². The van der Waals surface area contributed by atoms with Crippen molar-refractivity contribution in [1.29, 1.82) is 0 Å². The van der Waals surface area contributed by atoms with E-state index in [0.29, 0.717) is 6.54 Å². The number of likely N-dealkylation sites (tertiary alicyclic amines) is 1. The molecule has 23 heavy (non-hydrogen) atoms. The molecule has 128 valence electrons. The van der Waals surface area contributed by atoms with Crippen LogP contribution in [0.15, 0.2) is 24.3 Å². The van der Waals surface area contributed by atoms with Gasteiger partial charge in [0.15, 0.2) is 0 Å². The summed E-state index contributed by atoms with van der Waals surface area (Å²) >= 11 is 0. The van der Waals surface area contributed by atoms with Crippen LogP contribution in [0.25, 0.3) is 0 Å². The predicted octanol–water partition coefficient (Wildman–Crippen LogP) is 3.70. The molecule has 1 aromatic rings. The van der Waals surface area contributed by atoms with Gasteiger partial charge in [0.05, 0.1) is 11.1 Å². The molecule has 0 unspecified atom stereocenters. The highest BCUT2D eigenvalue weighted by molar-refractivity contribution is 5.95. The van der Waals surface area contributed by atoms with Gasteiger partial charge in [0.1, 0.15) is 0 Å². The summed E-state index contributed by atoms with van der Waals surface area (Å²) in [5, 5.41) is 2.67. The lowest BCUT2D eigenvalue weighted by Crippen LogP contribution is -2.53. The van der Waals surface area contributed by atoms with Crippen molar-refractivity contribution in [3.8, 4) is 0 Å². The zero-order valence-electron chi connectivity index (χ0n) is 13.5. The molecule has 0 atom stereocenters. The van der Waals surface area contributed by atoms with Crippen LogP contribution in [-0.2, 0) is 6.18 Å². The van der Waals surface area contributed by atoms with Crippen molar-refractivity contribution in [3.63, 3.8) is 0 Å². The van der Waals surface area contributed by atoms with E-state index in [9.17, 15) is 18.0 Å². The Kier molecular flexibility index (Phi) is 5.34. The minimum Gasteiger partial charge on any atom is -0.350 e. The molecule has 1 aromatic carbocycles. The Morgan fingerprint density at radius 2 is 1.74 bits per heavy atom. The van der Waals surface area contributed by atoms with Crippen LogP contribution >= 0.6 is 0 Å². The number of rotatable bonds is 4. The van der Waals surface area contributed by atoms with Crippen molar-refractivity contribution in [2.45, 2.75) is 44.8 Å². The van der Waals surface area contributed by atoms with E-state index in [-0.39, 0.29) is 11.1 Å². The number of benzene rings is 1. The van der Waals surface area contributed by atoms with E-state index in [1.165, 1.54) is 24.6 Å². The Morgan fingerprint density at radius 1 is 1.13 bits per heavy atom. The molecular formula is C17H23F3N2O. The van der Waals surface area contributed by atoms with Gasteiger partial charge in [-0.05, 0) is 51.9 Å². The average Bonchev–Trinajstić information content (AvgIpc) is 2.53. The van der Waals surface area contributed by atoms with Gasteiger partial charge in [0.2, 0.25) is 0 Å². The van der Waals surface area contributed by atoms with E-state index in [0.717, 1.165) is 32.0 Å². The van der Waals surface area contributed by atoms with Gasteiger partial charge in [0.25, 0.3) is 5.91 Å². The van der Waals surface area contributed by atoms with E-state index in [1.54, 1.807) is 0 Å². The normalized spacial score (nSPS) is 17.1. The molecule has 1 heterocycles. The van der Waals surface area contributed by atoms with Gasteiger partial charge in [-0.15, -0.1) is 0 Å². The molecular weight excluding hydrogens is 305 g/mol. The second kappa shape index (κ2) is 6.91. The Balaban J connectivity index is 2.05. The van der Waals surface area contributed by atoms with Gasteiger partial charge in [-0.25, -0.2) is 0 Å². The summed E-state index contributed by atoms with van der Waals surface area (Å²) in [7, 11) is 0. The van der Waals surface area contributed by atoms with Crippen LogP contribution in [0.4, 0.5) is 13.2 Å². The maximum Gasteiger partial charge on any atom is 0.417 e. The molecule has 3 nitrogen and oxygen atoms in total. The zero-order chi connectivity index (χ0) is 17.1. The molecule has 1 saturated heterocycles. The van der Waals surface area contributed by atoms with E-state index < -0.39 is 17.6 Å². The number of piperidine rings is 1. The van der Waals surface area contributed by atoms with Crippen molar-refractivity contribution >= 4 is 5.91 Å². The number of hydrogen-bond donors (Lipinski definition) is 1. The highest BCUT2D eigenvalue weighted by Gasteiger charge is 2.35. The smallest absolute Gasteiger partial charge is 0.350 e. The second-order valence-corrected chi connectivity index (χ2v) is 6.59. The van der Waals surface area contributed by atoms with Gasteiger partial charge in [-0.3, -0.25) is 9.69 Å². The van der Waals surface area contributed by atoms with E-state index >= 15 is 0 Å². The fraction of sp³-hybridized carbons (Fsp3) is 0.588. The van der Waals surface area contributed by atoms with Crippen molar-refractivity contribution in [2.24, 2.45) is 0 Å². The SMILES string of the molecule is CC(C)(CNC(=O)c1ccccc1C(F)(F)F)N1CCCCC1. The third-order valence-electron chi connectivity index (χ3n) is 4.37. The van der Waals surface area contributed by atoms with Crippen molar-refractivity contribution < 1.29 is 18.0 Å². The Hall–Kier alpha value is -1.56. The van der Waals surface area contributed by atoms with Crippen LogP contribution in [0.5, 0.6) is 0 Å². The number of carbonyl (C=O) groups is 1. The number of amides is 1. The third kappa shape index (κ3) is 4.47. The first kappa shape index (κ1) is 17.8. The quantitative estimate of drug-likeness (QED) is 0.914. The molecule has 0 aromatic heterocycles. The standard InChI is InChI=1S/C17H23F3N2O/c1-16(2,22-10-6-3-7-11-22)12-21-15(23)13-8-4-5-9-14(13)17(18,19)20/h4-5,8-9H,3,6-7,10-12H2,1-2H3,(H,21,23). The Morgan fingerprint density at radius 3 is 2.35 bits per heavy atom. The van der Waals surface area contributed by atoms with Crippen LogP contribution in [0, 0.1) is 0 Å². The van der Waals surface area contributed by atoms with Crippen molar-refractivity contribution in [2.75, 3.05) is 19.6 Å². The molecule has 1 amide bonds. The maximum atomic E-state index is 13.0. The number of hydrogen-bond acceptors (Lipinski definition) is 2. The summed E-state index contributed by atoms with van der Waals surface area (Å²) in [6.45, 7) is 6.25. The number of carbonyl (C=O) groups excluding carboxylic acids is 1. The molecule has 0 aliphatic carbocycles. The van der Waals surface area contributed by atoms with Crippen LogP contribution in [0.2, 0.25) is 0 Å². The van der Waals surface area contributed by atoms with Gasteiger partial charge < -0.3 is 5.32 Å². The zero-order valence-corrected chi connectivity index (χ0v) is 13.5. The average molecular weight is 328 g/mol. The van der Waals surface area contributed by atoms with Crippen LogP contribution < -0.4 is 5.32 Å². The first-order valence-electron chi connectivity index (χ1n) is 7.91. The van der Waals surface area contributed by atoms with Crippen molar-refractivity contribution in [3.05, 3.63) is 35.4 Å². The second-order valence-electron chi connectivity index (χ2n) is 6.59. The summed E-state index contributed by atoms with van der Waals surface area (Å²) in [4.78, 5) is 14.5. The maximum absolute atomic E-state index is 13.0. The Labute approximate surface area is 134 Å². The number of nitrogens with zero attached hydrogens (tertiary/aromatic N) is 1. The van der Waals surface area contributed by atoms with E-state index in [1.807, 2.05) is 13.8 Å². The summed E-state index contributed by atoms with van der Waals surface area (Å²) in [6.07, 6.45) is -1.09. The summed E-state index contributed by atoms with van der Waals surface area (Å²) in [5.41, 5.74) is -1.49. The van der Waals surface area contributed by atoms with Crippen LogP contribution in [0.3, 0.4) is 0 Å². The minimum absolute atomic E-state index is 0.275. The highest BCUT2D eigenvalue weighted by Crippen LogP contribution is 2.31. The molecule has 2 rings (SSSR count). The lowest BCUT2D eigenvalue weighted by atomic mass is 9.98. The summed E-state index contributed by atoms with van der Waals surface area (Å²) in [5.74, 6) is -0.678. The largest absolute Gasteiger partial charge is 0.417 e. The van der Waals surface area contributed by atoms with Gasteiger partial charge in [-0.2, -0.15) is 13.2 Å². The first-order valence-corrected chi connectivity index (χ1v) is 7.91. The molecule has 0 radical (unpaired) electrons. The minimum atomic E-state index is -4.53. The first-order chi connectivity index (χ1) is 10.7. The molecule has 1 N–H and O–H groups in total. The fourth-order valence-corrected chi connectivity index (χ4v) is 2.93. The molecule has 1 aliphatic heterocycles.